The molecule has 9 aromatic rings. The standard InChI is InChI=1S/C43H29N3S/c1-3-14-30(15-4-1)41-42(45-27-10-9-26-40(45)44-41)32-17-12-21-35(29-32)46(33-18-5-2-6-19-33)34-20-11-16-31(28-34)36-23-13-24-38-37-22-7-8-25-39(37)47-43(36)38/h1-29H. The van der Waals surface area contributed by atoms with Crippen LogP contribution in [0.25, 0.3) is 59.5 Å². The molecule has 3 nitrogen and oxygen atoms in total. The van der Waals surface area contributed by atoms with Crippen LogP contribution in [0, 0.1) is 0 Å². The molecule has 0 amide bonds. The summed E-state index contributed by atoms with van der Waals surface area (Å²) in [5.74, 6) is 0. The molecule has 0 radical (unpaired) electrons. The Bertz CT molecular complexity index is 2530. The Hall–Kier alpha value is -5.97. The molecule has 0 spiro atoms. The third kappa shape index (κ3) is 4.78. The number of rotatable bonds is 6. The van der Waals surface area contributed by atoms with E-state index in [0.717, 1.165) is 45.2 Å². The summed E-state index contributed by atoms with van der Waals surface area (Å²) in [6.45, 7) is 0. The van der Waals surface area contributed by atoms with Crippen LogP contribution in [0.5, 0.6) is 0 Å². The first kappa shape index (κ1) is 27.3. The van der Waals surface area contributed by atoms with Gasteiger partial charge in [-0.15, -0.1) is 11.3 Å². The Morgan fingerprint density at radius 1 is 0.489 bits per heavy atom. The summed E-state index contributed by atoms with van der Waals surface area (Å²) in [6.07, 6.45) is 2.10. The molecule has 0 bridgehead atoms. The molecule has 3 aromatic heterocycles. The number of thiophene rings is 1. The Kier molecular flexibility index (Phi) is 6.65. The molecule has 3 heterocycles. The zero-order valence-electron chi connectivity index (χ0n) is 25.5. The maximum absolute atomic E-state index is 5.09. The molecule has 0 aliphatic rings. The predicted octanol–water partition coefficient (Wildman–Crippen LogP) is 12.2. The summed E-state index contributed by atoms with van der Waals surface area (Å²) in [5, 5.41) is 2.62. The monoisotopic (exact) mass is 619 g/mol. The minimum Gasteiger partial charge on any atom is -0.310 e. The van der Waals surface area contributed by atoms with Gasteiger partial charge in [-0.1, -0.05) is 115 Å². The van der Waals surface area contributed by atoms with Crippen LogP contribution in [-0.2, 0) is 0 Å². The second-order valence-corrected chi connectivity index (χ2v) is 12.7. The fourth-order valence-electron chi connectivity index (χ4n) is 6.67. The van der Waals surface area contributed by atoms with Crippen molar-refractivity contribution in [3.05, 3.63) is 176 Å². The van der Waals surface area contributed by atoms with Crippen LogP contribution in [0.1, 0.15) is 0 Å². The average molecular weight is 620 g/mol. The number of hydrogen-bond donors (Lipinski definition) is 0. The van der Waals surface area contributed by atoms with Crippen molar-refractivity contribution in [3.63, 3.8) is 0 Å². The zero-order chi connectivity index (χ0) is 31.2. The van der Waals surface area contributed by atoms with Gasteiger partial charge in [-0.3, -0.25) is 4.40 Å². The largest absolute Gasteiger partial charge is 0.310 e. The molecule has 47 heavy (non-hydrogen) atoms. The van der Waals surface area contributed by atoms with Crippen LogP contribution >= 0.6 is 11.3 Å². The second kappa shape index (κ2) is 11.4. The van der Waals surface area contributed by atoms with Crippen LogP contribution in [0.2, 0.25) is 0 Å². The van der Waals surface area contributed by atoms with Crippen LogP contribution < -0.4 is 4.90 Å². The molecule has 0 atom stereocenters. The van der Waals surface area contributed by atoms with Crippen LogP contribution in [0.4, 0.5) is 17.1 Å². The zero-order valence-corrected chi connectivity index (χ0v) is 26.3. The maximum atomic E-state index is 5.09. The van der Waals surface area contributed by atoms with E-state index in [1.165, 1.54) is 31.3 Å². The van der Waals surface area contributed by atoms with E-state index in [2.05, 4.69) is 173 Å². The summed E-state index contributed by atoms with van der Waals surface area (Å²) in [4.78, 5) is 7.44. The van der Waals surface area contributed by atoms with Gasteiger partial charge in [-0.2, -0.15) is 0 Å². The van der Waals surface area contributed by atoms with Crippen LogP contribution in [0.3, 0.4) is 0 Å². The quantitative estimate of drug-likeness (QED) is 0.185. The summed E-state index contributed by atoms with van der Waals surface area (Å²) < 4.78 is 4.83. The molecule has 6 aromatic carbocycles. The van der Waals surface area contributed by atoms with Crippen molar-refractivity contribution in [3.8, 4) is 33.6 Å². The molecule has 0 saturated carbocycles. The Labute approximate surface area is 277 Å². The SMILES string of the molecule is c1ccc(-c2nc3ccccn3c2-c2cccc(N(c3ccccc3)c3cccc(-c4cccc5c4sc4ccccc45)c3)c2)cc1. The van der Waals surface area contributed by atoms with Crippen molar-refractivity contribution in [1.82, 2.24) is 9.38 Å². The number of para-hydroxylation sites is 1. The van der Waals surface area contributed by atoms with Gasteiger partial charge in [-0.05, 0) is 65.7 Å². The average Bonchev–Trinajstić information content (AvgIpc) is 3.72. The molecule has 0 aliphatic carbocycles. The Morgan fingerprint density at radius 2 is 1.11 bits per heavy atom. The molecular weight excluding hydrogens is 591 g/mol. The second-order valence-electron chi connectivity index (χ2n) is 11.7. The number of benzene rings is 6. The molecule has 0 saturated heterocycles. The van der Waals surface area contributed by atoms with Gasteiger partial charge in [-0.25, -0.2) is 4.98 Å². The first-order valence-corrected chi connectivity index (χ1v) is 16.6. The summed E-state index contributed by atoms with van der Waals surface area (Å²) in [6, 6.07) is 60.4. The van der Waals surface area contributed by atoms with E-state index in [-0.39, 0.29) is 0 Å². The molecule has 9 rings (SSSR count). The van der Waals surface area contributed by atoms with Gasteiger partial charge in [0.15, 0.2) is 0 Å². The van der Waals surface area contributed by atoms with Crippen LogP contribution in [0.15, 0.2) is 176 Å². The van der Waals surface area contributed by atoms with E-state index >= 15 is 0 Å². The minimum absolute atomic E-state index is 0.926. The normalized spacial score (nSPS) is 11.4. The number of hydrogen-bond acceptors (Lipinski definition) is 3. The summed E-state index contributed by atoms with van der Waals surface area (Å²) >= 11 is 1.87. The Morgan fingerprint density at radius 3 is 1.94 bits per heavy atom. The van der Waals surface area contributed by atoms with E-state index in [4.69, 9.17) is 4.98 Å². The topological polar surface area (TPSA) is 20.5 Å². The summed E-state index contributed by atoms with van der Waals surface area (Å²) in [5.41, 5.74) is 10.9. The highest BCUT2D eigenvalue weighted by Crippen LogP contribution is 2.43. The van der Waals surface area contributed by atoms with E-state index in [1.807, 2.05) is 23.5 Å². The third-order valence-electron chi connectivity index (χ3n) is 8.79. The lowest BCUT2D eigenvalue weighted by Crippen LogP contribution is -2.10. The highest BCUT2D eigenvalue weighted by molar-refractivity contribution is 7.26. The van der Waals surface area contributed by atoms with E-state index in [0.29, 0.717) is 0 Å². The van der Waals surface area contributed by atoms with E-state index < -0.39 is 0 Å². The van der Waals surface area contributed by atoms with Gasteiger partial charge in [0, 0.05) is 54.6 Å². The number of fused-ring (bicyclic) bond motifs is 4. The smallest absolute Gasteiger partial charge is 0.137 e. The van der Waals surface area contributed by atoms with Crippen molar-refractivity contribution in [2.45, 2.75) is 0 Å². The van der Waals surface area contributed by atoms with Gasteiger partial charge in [0.05, 0.1) is 11.4 Å². The van der Waals surface area contributed by atoms with E-state index in [1.54, 1.807) is 0 Å². The summed E-state index contributed by atoms with van der Waals surface area (Å²) in [7, 11) is 0. The molecule has 222 valence electrons. The molecule has 4 heteroatoms. The minimum atomic E-state index is 0.926. The molecule has 0 fully saturated rings. The molecule has 0 unspecified atom stereocenters. The molecule has 0 N–H and O–H groups in total. The van der Waals surface area contributed by atoms with Crippen molar-refractivity contribution >= 4 is 54.2 Å². The van der Waals surface area contributed by atoms with Gasteiger partial charge >= 0.3 is 0 Å². The van der Waals surface area contributed by atoms with Crippen molar-refractivity contribution in [2.75, 3.05) is 4.90 Å². The number of anilines is 3. The number of imidazole rings is 1. The highest BCUT2D eigenvalue weighted by atomic mass is 32.1. The highest BCUT2D eigenvalue weighted by Gasteiger charge is 2.19. The maximum Gasteiger partial charge on any atom is 0.137 e. The lowest BCUT2D eigenvalue weighted by molar-refractivity contribution is 1.19. The third-order valence-corrected chi connectivity index (χ3v) is 10.0. The first-order valence-electron chi connectivity index (χ1n) is 15.8. The number of nitrogens with zero attached hydrogens (tertiary/aromatic N) is 3. The fourth-order valence-corrected chi connectivity index (χ4v) is 7.91. The van der Waals surface area contributed by atoms with E-state index in [9.17, 15) is 0 Å². The van der Waals surface area contributed by atoms with Crippen molar-refractivity contribution in [1.29, 1.82) is 0 Å². The van der Waals surface area contributed by atoms with Gasteiger partial charge < -0.3 is 4.90 Å². The Balaban J connectivity index is 1.21. The van der Waals surface area contributed by atoms with Crippen LogP contribution in [-0.4, -0.2) is 9.38 Å². The predicted molar refractivity (Wildman–Crippen MR) is 199 cm³/mol. The lowest BCUT2D eigenvalue weighted by Gasteiger charge is -2.26. The van der Waals surface area contributed by atoms with Crippen molar-refractivity contribution < 1.29 is 0 Å². The van der Waals surface area contributed by atoms with Gasteiger partial charge in [0.1, 0.15) is 5.65 Å². The van der Waals surface area contributed by atoms with Gasteiger partial charge in [0.25, 0.3) is 0 Å². The van der Waals surface area contributed by atoms with Crippen molar-refractivity contribution in [2.24, 2.45) is 0 Å². The van der Waals surface area contributed by atoms with Gasteiger partial charge in [0.2, 0.25) is 0 Å². The molecule has 0 aliphatic heterocycles. The number of pyridine rings is 1. The number of aromatic nitrogens is 2. The first-order chi connectivity index (χ1) is 23.3. The molecular formula is C43H29N3S. The fraction of sp³-hybridized carbons (Fsp3) is 0. The lowest BCUT2D eigenvalue weighted by atomic mass is 10.0.